The van der Waals surface area contributed by atoms with E-state index in [1.807, 2.05) is 24.3 Å². The Kier molecular flexibility index (Phi) is 6.44. The number of aliphatic imine (C=N–C) groups is 1. The number of carbonyl (C=O) groups is 1. The van der Waals surface area contributed by atoms with Crippen LogP contribution in [0.1, 0.15) is 11.1 Å². The number of methoxy groups -OCH3 is 1. The SMILES string of the molecule is COc1ccc2c(c1)C1(COC(N)=N1)c1cc(-c3cc(Cl)ccc3F)ccc1O2.O=C(O)C(F)(F)F. The van der Waals surface area contributed by atoms with Crippen LogP contribution in [0.25, 0.3) is 11.1 Å². The number of carboxylic acid groups (broad SMARTS) is 1. The van der Waals surface area contributed by atoms with Gasteiger partial charge in [-0.15, -0.1) is 0 Å². The number of rotatable bonds is 2. The van der Waals surface area contributed by atoms with Gasteiger partial charge in [0.1, 0.15) is 29.7 Å². The van der Waals surface area contributed by atoms with Crippen LogP contribution in [0.5, 0.6) is 17.2 Å². The van der Waals surface area contributed by atoms with Gasteiger partial charge in [-0.05, 0) is 54.1 Å². The average Bonchev–Trinajstić information content (AvgIpc) is 3.22. The van der Waals surface area contributed by atoms with Crippen molar-refractivity contribution in [3.63, 3.8) is 0 Å². The van der Waals surface area contributed by atoms with Crippen LogP contribution in [0.2, 0.25) is 5.02 Å². The second kappa shape index (κ2) is 9.23. The molecule has 3 N–H and O–H groups in total. The smallest absolute Gasteiger partial charge is 0.490 e. The number of nitrogens with zero attached hydrogens (tertiary/aromatic N) is 1. The van der Waals surface area contributed by atoms with Gasteiger partial charge >= 0.3 is 12.1 Å². The molecule has 2 heterocycles. The highest BCUT2D eigenvalue weighted by molar-refractivity contribution is 6.30. The molecule has 0 saturated heterocycles. The summed E-state index contributed by atoms with van der Waals surface area (Å²) in [4.78, 5) is 13.5. The lowest BCUT2D eigenvalue weighted by molar-refractivity contribution is -0.192. The van der Waals surface area contributed by atoms with Crippen molar-refractivity contribution in [2.45, 2.75) is 11.7 Å². The van der Waals surface area contributed by atoms with Gasteiger partial charge in [0, 0.05) is 21.7 Å². The highest BCUT2D eigenvalue weighted by Gasteiger charge is 2.47. The summed E-state index contributed by atoms with van der Waals surface area (Å²) in [6.45, 7) is 0.205. The van der Waals surface area contributed by atoms with Crippen LogP contribution in [-0.4, -0.2) is 37.0 Å². The van der Waals surface area contributed by atoms with Gasteiger partial charge in [-0.1, -0.05) is 17.7 Å². The summed E-state index contributed by atoms with van der Waals surface area (Å²) < 4.78 is 63.3. The molecule has 0 aromatic heterocycles. The summed E-state index contributed by atoms with van der Waals surface area (Å²) in [7, 11) is 1.59. The molecular formula is C24H17ClF4N2O5. The van der Waals surface area contributed by atoms with Crippen molar-refractivity contribution in [3.05, 3.63) is 76.6 Å². The Bertz CT molecular complexity index is 1380. The minimum absolute atomic E-state index is 0.0889. The van der Waals surface area contributed by atoms with Crippen LogP contribution in [0, 0.1) is 5.82 Å². The number of alkyl halides is 3. The van der Waals surface area contributed by atoms with Crippen molar-refractivity contribution >= 4 is 23.6 Å². The second-order valence-corrected chi connectivity index (χ2v) is 8.14. The fraction of sp³-hybridized carbons (Fsp3) is 0.167. The number of hydrogen-bond acceptors (Lipinski definition) is 6. The molecule has 188 valence electrons. The number of fused-ring (bicyclic) bond motifs is 4. The van der Waals surface area contributed by atoms with Crippen molar-refractivity contribution in [3.8, 4) is 28.4 Å². The molecule has 3 aromatic carbocycles. The van der Waals surface area contributed by atoms with Crippen molar-refractivity contribution in [2.75, 3.05) is 13.7 Å². The van der Waals surface area contributed by atoms with Crippen LogP contribution >= 0.6 is 11.6 Å². The van der Waals surface area contributed by atoms with Gasteiger partial charge < -0.3 is 25.1 Å². The topological polar surface area (TPSA) is 103 Å². The van der Waals surface area contributed by atoms with E-state index in [0.717, 1.165) is 11.1 Å². The molecule has 0 aliphatic carbocycles. The van der Waals surface area contributed by atoms with Crippen LogP contribution in [0.15, 0.2) is 59.6 Å². The van der Waals surface area contributed by atoms with E-state index in [0.29, 0.717) is 33.4 Å². The average molecular weight is 525 g/mol. The molecule has 0 bridgehead atoms. The molecule has 0 amide bonds. The highest BCUT2D eigenvalue weighted by Crippen LogP contribution is 2.52. The Balaban J connectivity index is 0.000000384. The minimum atomic E-state index is -5.08. The molecule has 5 rings (SSSR count). The van der Waals surface area contributed by atoms with Crippen molar-refractivity contribution in [1.29, 1.82) is 0 Å². The molecule has 12 heteroatoms. The first-order valence-corrected chi connectivity index (χ1v) is 10.6. The number of ether oxygens (including phenoxy) is 3. The molecule has 2 aliphatic rings. The zero-order chi connectivity index (χ0) is 26.3. The number of hydrogen-bond donors (Lipinski definition) is 2. The van der Waals surface area contributed by atoms with Crippen molar-refractivity contribution in [2.24, 2.45) is 10.7 Å². The third kappa shape index (κ3) is 4.61. The first-order chi connectivity index (χ1) is 16.9. The molecule has 1 spiro atoms. The Morgan fingerprint density at radius 3 is 2.33 bits per heavy atom. The van der Waals surface area contributed by atoms with Gasteiger partial charge in [0.2, 0.25) is 0 Å². The number of aliphatic carboxylic acids is 1. The minimum Gasteiger partial charge on any atom is -0.497 e. The molecule has 0 radical (unpaired) electrons. The Morgan fingerprint density at radius 1 is 1.11 bits per heavy atom. The highest BCUT2D eigenvalue weighted by atomic mass is 35.5. The molecule has 1 atom stereocenters. The zero-order valence-corrected chi connectivity index (χ0v) is 19.2. The lowest BCUT2D eigenvalue weighted by Crippen LogP contribution is -2.31. The number of halogens is 5. The van der Waals surface area contributed by atoms with Gasteiger partial charge in [0.25, 0.3) is 6.02 Å². The predicted molar refractivity (Wildman–Crippen MR) is 122 cm³/mol. The fourth-order valence-electron chi connectivity index (χ4n) is 3.85. The predicted octanol–water partition coefficient (Wildman–Crippen LogP) is 5.48. The Labute approximate surface area is 206 Å². The second-order valence-electron chi connectivity index (χ2n) is 7.70. The van der Waals surface area contributed by atoms with E-state index >= 15 is 0 Å². The molecule has 2 aliphatic heterocycles. The van der Waals surface area contributed by atoms with Crippen molar-refractivity contribution < 1.29 is 41.7 Å². The number of carboxylic acids is 1. The van der Waals surface area contributed by atoms with Gasteiger partial charge in [0.15, 0.2) is 5.54 Å². The maximum Gasteiger partial charge on any atom is 0.490 e. The quantitative estimate of drug-likeness (QED) is 0.430. The number of amidine groups is 1. The van der Waals surface area contributed by atoms with E-state index in [2.05, 4.69) is 4.99 Å². The molecule has 3 aromatic rings. The van der Waals surface area contributed by atoms with Crippen molar-refractivity contribution in [1.82, 2.24) is 0 Å². The van der Waals surface area contributed by atoms with Crippen LogP contribution in [0.4, 0.5) is 17.6 Å². The van der Waals surface area contributed by atoms with E-state index in [1.165, 1.54) is 12.1 Å². The molecule has 7 nitrogen and oxygen atoms in total. The third-order valence-corrected chi connectivity index (χ3v) is 5.72. The summed E-state index contributed by atoms with van der Waals surface area (Å²) in [6.07, 6.45) is -5.08. The van der Waals surface area contributed by atoms with Crippen LogP contribution in [0.3, 0.4) is 0 Å². The first-order valence-electron chi connectivity index (χ1n) is 10.2. The molecule has 0 saturated carbocycles. The van der Waals surface area contributed by atoms with Crippen LogP contribution < -0.4 is 15.2 Å². The monoisotopic (exact) mass is 524 g/mol. The van der Waals surface area contributed by atoms with E-state index in [9.17, 15) is 17.6 Å². The Morgan fingerprint density at radius 2 is 1.75 bits per heavy atom. The first kappa shape index (κ1) is 25.1. The third-order valence-electron chi connectivity index (χ3n) is 5.49. The normalized spacial score (nSPS) is 17.6. The van der Waals surface area contributed by atoms with E-state index < -0.39 is 17.7 Å². The summed E-state index contributed by atoms with van der Waals surface area (Å²) >= 11 is 6.09. The van der Waals surface area contributed by atoms with Crippen LogP contribution in [-0.2, 0) is 15.1 Å². The molecule has 0 fully saturated rings. The largest absolute Gasteiger partial charge is 0.497 e. The van der Waals surface area contributed by atoms with Gasteiger partial charge in [-0.2, -0.15) is 13.2 Å². The number of benzene rings is 3. The molecular weight excluding hydrogens is 508 g/mol. The van der Waals surface area contributed by atoms with Gasteiger partial charge in [-0.25, -0.2) is 14.2 Å². The fourth-order valence-corrected chi connectivity index (χ4v) is 4.02. The van der Waals surface area contributed by atoms with E-state index in [1.54, 1.807) is 25.3 Å². The Hall–Kier alpha value is -3.99. The lowest BCUT2D eigenvalue weighted by Gasteiger charge is -2.34. The van der Waals surface area contributed by atoms with Gasteiger partial charge in [-0.3, -0.25) is 0 Å². The lowest BCUT2D eigenvalue weighted by atomic mass is 9.80. The summed E-state index contributed by atoms with van der Waals surface area (Å²) in [5.74, 6) is -1.22. The maximum atomic E-state index is 14.5. The summed E-state index contributed by atoms with van der Waals surface area (Å²) in [5.41, 5.74) is 7.53. The van der Waals surface area contributed by atoms with E-state index in [4.69, 9.17) is 41.4 Å². The summed E-state index contributed by atoms with van der Waals surface area (Å²) in [5, 5.41) is 7.58. The van der Waals surface area contributed by atoms with Gasteiger partial charge in [0.05, 0.1) is 7.11 Å². The molecule has 36 heavy (non-hydrogen) atoms. The zero-order valence-electron chi connectivity index (χ0n) is 18.4. The number of nitrogens with two attached hydrogens (primary N) is 1. The summed E-state index contributed by atoms with van der Waals surface area (Å²) in [6, 6.07) is 15.5. The standard InChI is InChI=1S/C22H16ClFN2O3.C2HF3O2/c1-27-14-4-7-20-17(10-14)22(11-28-21(25)26-22)16-8-12(2-6-19(16)29-20)15-9-13(23)3-5-18(15)24;3-2(4,5)1(6)7/h2-10H,11H2,1H3,(H2,25,26);(H,6,7). The van der Waals surface area contributed by atoms with E-state index in [-0.39, 0.29) is 18.4 Å². The molecule has 1 unspecified atom stereocenters. The maximum absolute atomic E-state index is 14.5.